The van der Waals surface area contributed by atoms with Crippen LogP contribution in [0.5, 0.6) is 0 Å². The number of non-ortho nitro benzene ring substituents is 2. The van der Waals surface area contributed by atoms with Gasteiger partial charge in [0.15, 0.2) is 11.9 Å². The average Bonchev–Trinajstić information content (AvgIpc) is 3.07. The second-order valence-electron chi connectivity index (χ2n) is 6.49. The second kappa shape index (κ2) is 7.94. The molecule has 3 atom stereocenters. The Balaban J connectivity index is 1.94. The van der Waals surface area contributed by atoms with Gasteiger partial charge in [0.25, 0.3) is 11.4 Å². The van der Waals surface area contributed by atoms with Gasteiger partial charge in [0.1, 0.15) is 6.10 Å². The summed E-state index contributed by atoms with van der Waals surface area (Å²) in [5.41, 5.74) is -0.728. The number of hydrogen-bond acceptors (Lipinski definition) is 8. The first-order valence-corrected chi connectivity index (χ1v) is 8.75. The molecule has 0 saturated carbocycles. The van der Waals surface area contributed by atoms with E-state index in [0.29, 0.717) is 11.1 Å². The Labute approximate surface area is 165 Å². The van der Waals surface area contributed by atoms with Crippen molar-refractivity contribution < 1.29 is 28.9 Å². The number of ether oxygens (including phenoxy) is 3. The standard InChI is InChI=1S/C19H18N2O8/c1-3-27-18(22)19(2)16(12-4-8-14(9-5-12)20(23)24)28-17(29-19)13-6-10-15(11-7-13)21(25)26/h4-11,16-17H,3H2,1-2H3/t16-,17-,19-/m1/s1. The molecule has 3 rings (SSSR count). The molecule has 1 aliphatic rings. The summed E-state index contributed by atoms with van der Waals surface area (Å²) in [7, 11) is 0. The first-order chi connectivity index (χ1) is 13.8. The second-order valence-corrected chi connectivity index (χ2v) is 6.49. The normalized spacial score (nSPS) is 23.5. The molecule has 29 heavy (non-hydrogen) atoms. The molecule has 0 radical (unpaired) electrons. The predicted molar refractivity (Wildman–Crippen MR) is 98.9 cm³/mol. The smallest absolute Gasteiger partial charge is 0.341 e. The molecule has 0 unspecified atom stereocenters. The van der Waals surface area contributed by atoms with Crippen molar-refractivity contribution in [3.8, 4) is 0 Å². The van der Waals surface area contributed by atoms with E-state index in [1.54, 1.807) is 6.92 Å². The number of carbonyl (C=O) groups excluding carboxylic acids is 1. The van der Waals surface area contributed by atoms with E-state index in [-0.39, 0.29) is 18.0 Å². The summed E-state index contributed by atoms with van der Waals surface area (Å²) in [5.74, 6) is -0.646. The van der Waals surface area contributed by atoms with Crippen LogP contribution in [0.2, 0.25) is 0 Å². The topological polar surface area (TPSA) is 131 Å². The average molecular weight is 402 g/mol. The van der Waals surface area contributed by atoms with Gasteiger partial charge in [0.2, 0.25) is 0 Å². The van der Waals surface area contributed by atoms with E-state index in [0.717, 1.165) is 0 Å². The molecule has 152 valence electrons. The van der Waals surface area contributed by atoms with Gasteiger partial charge in [-0.3, -0.25) is 20.2 Å². The number of carbonyl (C=O) groups is 1. The molecular weight excluding hydrogens is 384 g/mol. The largest absolute Gasteiger partial charge is 0.464 e. The molecule has 0 amide bonds. The molecular formula is C19H18N2O8. The molecule has 1 aliphatic heterocycles. The lowest BCUT2D eigenvalue weighted by Crippen LogP contribution is -2.41. The molecule has 2 aromatic carbocycles. The van der Waals surface area contributed by atoms with Crippen molar-refractivity contribution in [3.63, 3.8) is 0 Å². The molecule has 0 spiro atoms. The molecule has 0 bridgehead atoms. The van der Waals surface area contributed by atoms with Crippen molar-refractivity contribution >= 4 is 17.3 Å². The van der Waals surface area contributed by atoms with Crippen LogP contribution in [0.1, 0.15) is 37.4 Å². The van der Waals surface area contributed by atoms with Crippen molar-refractivity contribution in [3.05, 3.63) is 79.9 Å². The van der Waals surface area contributed by atoms with Gasteiger partial charge in [0, 0.05) is 29.8 Å². The number of nitrogens with zero attached hydrogens (tertiary/aromatic N) is 2. The lowest BCUT2D eigenvalue weighted by molar-refractivity contribution is -0.385. The number of benzene rings is 2. The zero-order valence-electron chi connectivity index (χ0n) is 15.6. The number of nitro groups is 2. The van der Waals surface area contributed by atoms with Crippen LogP contribution >= 0.6 is 0 Å². The lowest BCUT2D eigenvalue weighted by atomic mass is 9.93. The third kappa shape index (κ3) is 3.93. The summed E-state index contributed by atoms with van der Waals surface area (Å²) in [6.07, 6.45) is -1.88. The molecule has 0 aromatic heterocycles. The van der Waals surface area contributed by atoms with Gasteiger partial charge in [-0.2, -0.15) is 0 Å². The maximum atomic E-state index is 12.6. The molecule has 0 aliphatic carbocycles. The highest BCUT2D eigenvalue weighted by Crippen LogP contribution is 2.47. The number of esters is 1. The van der Waals surface area contributed by atoms with Crippen LogP contribution in [0.25, 0.3) is 0 Å². The molecule has 10 heteroatoms. The zero-order chi connectivity index (χ0) is 21.2. The van der Waals surface area contributed by atoms with Gasteiger partial charge < -0.3 is 14.2 Å². The number of nitro benzene ring substituents is 2. The highest BCUT2D eigenvalue weighted by atomic mass is 16.8. The van der Waals surface area contributed by atoms with Crippen molar-refractivity contribution in [2.75, 3.05) is 6.61 Å². The first kappa shape index (κ1) is 20.4. The SMILES string of the molecule is CCOC(=O)[C@]1(C)O[C@H](c2ccc([N+](=O)[O-])cc2)O[C@@H]1c1ccc([N+](=O)[O-])cc1. The highest BCUT2D eigenvalue weighted by Gasteiger charge is 2.54. The lowest BCUT2D eigenvalue weighted by Gasteiger charge is -2.26. The number of hydrogen-bond donors (Lipinski definition) is 0. The van der Waals surface area contributed by atoms with Crippen LogP contribution in [0.4, 0.5) is 11.4 Å². The minimum Gasteiger partial charge on any atom is -0.464 e. The quantitative estimate of drug-likeness (QED) is 0.407. The summed E-state index contributed by atoms with van der Waals surface area (Å²) in [6.45, 7) is 3.31. The van der Waals surface area contributed by atoms with E-state index < -0.39 is 33.8 Å². The Hall–Kier alpha value is -3.37. The minimum absolute atomic E-state index is 0.0909. The summed E-state index contributed by atoms with van der Waals surface area (Å²) >= 11 is 0. The van der Waals surface area contributed by atoms with E-state index in [2.05, 4.69) is 0 Å². The third-order valence-electron chi connectivity index (χ3n) is 4.58. The molecule has 2 aromatic rings. The van der Waals surface area contributed by atoms with Gasteiger partial charge >= 0.3 is 5.97 Å². The van der Waals surface area contributed by atoms with E-state index in [9.17, 15) is 25.0 Å². The van der Waals surface area contributed by atoms with E-state index in [4.69, 9.17) is 14.2 Å². The molecule has 0 N–H and O–H groups in total. The van der Waals surface area contributed by atoms with Crippen LogP contribution < -0.4 is 0 Å². The van der Waals surface area contributed by atoms with Gasteiger partial charge in [-0.1, -0.05) is 0 Å². The first-order valence-electron chi connectivity index (χ1n) is 8.75. The summed E-state index contributed by atoms with van der Waals surface area (Å²) in [5, 5.41) is 21.7. The summed E-state index contributed by atoms with van der Waals surface area (Å²) in [6, 6.07) is 11.2. The van der Waals surface area contributed by atoms with Crippen LogP contribution in [-0.2, 0) is 19.0 Å². The maximum Gasteiger partial charge on any atom is 0.341 e. The molecule has 1 heterocycles. The zero-order valence-corrected chi connectivity index (χ0v) is 15.6. The Morgan fingerprint density at radius 2 is 1.48 bits per heavy atom. The summed E-state index contributed by atoms with van der Waals surface area (Å²) in [4.78, 5) is 33.3. The van der Waals surface area contributed by atoms with Crippen LogP contribution in [0, 0.1) is 20.2 Å². The van der Waals surface area contributed by atoms with Gasteiger partial charge in [-0.25, -0.2) is 4.79 Å². The highest BCUT2D eigenvalue weighted by molar-refractivity contribution is 5.80. The Kier molecular flexibility index (Phi) is 5.57. The van der Waals surface area contributed by atoms with E-state index in [1.807, 2.05) is 0 Å². The predicted octanol–water partition coefficient (Wildman–Crippen LogP) is 3.61. The van der Waals surface area contributed by atoms with Crippen molar-refractivity contribution in [1.82, 2.24) is 0 Å². The van der Waals surface area contributed by atoms with Crippen LogP contribution in [0.15, 0.2) is 48.5 Å². The maximum absolute atomic E-state index is 12.6. The van der Waals surface area contributed by atoms with Crippen LogP contribution in [0.3, 0.4) is 0 Å². The van der Waals surface area contributed by atoms with E-state index >= 15 is 0 Å². The van der Waals surface area contributed by atoms with Gasteiger partial charge in [-0.15, -0.1) is 0 Å². The number of rotatable bonds is 6. The van der Waals surface area contributed by atoms with Crippen LogP contribution in [-0.4, -0.2) is 28.0 Å². The minimum atomic E-state index is -1.52. The van der Waals surface area contributed by atoms with Crippen molar-refractivity contribution in [2.45, 2.75) is 31.8 Å². The molecule has 1 saturated heterocycles. The Bertz CT molecular complexity index is 928. The third-order valence-corrected chi connectivity index (χ3v) is 4.58. The fraction of sp³-hybridized carbons (Fsp3) is 0.316. The molecule has 10 nitrogen and oxygen atoms in total. The fourth-order valence-electron chi connectivity index (χ4n) is 3.06. The van der Waals surface area contributed by atoms with Gasteiger partial charge in [0.05, 0.1) is 16.5 Å². The fourth-order valence-corrected chi connectivity index (χ4v) is 3.06. The Morgan fingerprint density at radius 1 is 1.00 bits per heavy atom. The van der Waals surface area contributed by atoms with Gasteiger partial charge in [-0.05, 0) is 43.7 Å². The van der Waals surface area contributed by atoms with E-state index in [1.165, 1.54) is 55.5 Å². The van der Waals surface area contributed by atoms with Crippen molar-refractivity contribution in [2.24, 2.45) is 0 Å². The monoisotopic (exact) mass is 402 g/mol. The van der Waals surface area contributed by atoms with Crippen molar-refractivity contribution in [1.29, 1.82) is 0 Å². The Morgan fingerprint density at radius 3 is 1.93 bits per heavy atom. The molecule has 1 fully saturated rings. The summed E-state index contributed by atoms with van der Waals surface area (Å²) < 4.78 is 17.0.